The number of carbonyl (C=O) groups is 2. The number of ether oxygens (including phenoxy) is 2. The average molecular weight is 457 g/mol. The third-order valence-corrected chi connectivity index (χ3v) is 10.9. The predicted octanol–water partition coefficient (Wildman–Crippen LogP) is 4.83. The van der Waals surface area contributed by atoms with Crippen molar-refractivity contribution in [2.24, 2.45) is 45.3 Å². The summed E-state index contributed by atoms with van der Waals surface area (Å²) in [4.78, 5) is 25.2. The van der Waals surface area contributed by atoms with Crippen molar-refractivity contribution in [3.8, 4) is 0 Å². The fourth-order valence-corrected chi connectivity index (χ4v) is 9.28. The molecule has 0 amide bonds. The van der Waals surface area contributed by atoms with Gasteiger partial charge in [0, 0.05) is 24.2 Å². The van der Waals surface area contributed by atoms with Crippen LogP contribution in [0.15, 0.2) is 23.8 Å². The molecular weight excluding hydrogens is 416 g/mol. The van der Waals surface area contributed by atoms with Crippen LogP contribution >= 0.6 is 0 Å². The molecule has 5 aliphatic rings. The zero-order valence-corrected chi connectivity index (χ0v) is 21.0. The Bertz CT molecular complexity index is 933. The summed E-state index contributed by atoms with van der Waals surface area (Å²) in [5.41, 5.74) is 0.558. The molecule has 5 heteroatoms. The molecule has 0 aromatic rings. The van der Waals surface area contributed by atoms with Gasteiger partial charge in [0.15, 0.2) is 12.1 Å². The summed E-state index contributed by atoms with van der Waals surface area (Å²) in [6, 6.07) is 0. The monoisotopic (exact) mass is 456 g/mol. The number of rotatable bonds is 2. The topological polar surface area (TPSA) is 72.8 Å². The van der Waals surface area contributed by atoms with Gasteiger partial charge in [-0.1, -0.05) is 52.3 Å². The van der Waals surface area contributed by atoms with Crippen LogP contribution in [0.3, 0.4) is 0 Å². The van der Waals surface area contributed by atoms with Gasteiger partial charge in [0.2, 0.25) is 0 Å². The maximum Gasteiger partial charge on any atom is 0.302 e. The number of ketones is 1. The van der Waals surface area contributed by atoms with Crippen LogP contribution in [0.25, 0.3) is 0 Å². The number of aliphatic hydroxyl groups is 1. The lowest BCUT2D eigenvalue weighted by atomic mass is 9.38. The van der Waals surface area contributed by atoms with E-state index in [4.69, 9.17) is 9.47 Å². The number of allylic oxidation sites excluding steroid dienone is 3. The van der Waals surface area contributed by atoms with E-state index in [0.717, 1.165) is 19.3 Å². The SMILES string of the molecule is CC(=O)O[C@@H]1C[C@@H]2C(C)(C)C(=O)C=C[C@]2(C)[C@H]2CC[C@]3(C)C(=CC[C@H]3[C@@H]3CO[C@@H](O)C3)[C@@]21C. The molecule has 2 saturated carbocycles. The average Bonchev–Trinajstić information content (AvgIpc) is 3.30. The second-order valence-corrected chi connectivity index (χ2v) is 12.7. The minimum atomic E-state index is -0.648. The summed E-state index contributed by atoms with van der Waals surface area (Å²) in [6.45, 7) is 13.3. The van der Waals surface area contributed by atoms with E-state index < -0.39 is 11.7 Å². The minimum absolute atomic E-state index is 0.00858. The highest BCUT2D eigenvalue weighted by atomic mass is 16.6. The fraction of sp³-hybridized carbons (Fsp3) is 0.786. The van der Waals surface area contributed by atoms with E-state index in [1.807, 2.05) is 6.08 Å². The van der Waals surface area contributed by atoms with Crippen LogP contribution in [0.1, 0.15) is 73.6 Å². The van der Waals surface area contributed by atoms with Gasteiger partial charge in [-0.25, -0.2) is 0 Å². The first-order valence-corrected chi connectivity index (χ1v) is 12.8. The Hall–Kier alpha value is -1.46. The summed E-state index contributed by atoms with van der Waals surface area (Å²) < 4.78 is 11.7. The van der Waals surface area contributed by atoms with Gasteiger partial charge in [0.1, 0.15) is 6.10 Å². The lowest BCUT2D eigenvalue weighted by Crippen LogP contribution is -2.64. The molecule has 1 aliphatic heterocycles. The number of carbonyl (C=O) groups excluding carboxylic acids is 2. The van der Waals surface area contributed by atoms with Crippen molar-refractivity contribution in [1.29, 1.82) is 0 Å². The van der Waals surface area contributed by atoms with Crippen molar-refractivity contribution in [3.63, 3.8) is 0 Å². The van der Waals surface area contributed by atoms with E-state index in [1.165, 1.54) is 12.5 Å². The molecule has 0 aromatic heterocycles. The molecule has 9 atom stereocenters. The highest BCUT2D eigenvalue weighted by Gasteiger charge is 2.68. The molecule has 182 valence electrons. The number of hydrogen-bond acceptors (Lipinski definition) is 5. The van der Waals surface area contributed by atoms with E-state index in [-0.39, 0.29) is 40.0 Å². The normalized spacial score (nSPS) is 50.3. The predicted molar refractivity (Wildman–Crippen MR) is 125 cm³/mol. The Balaban J connectivity index is 1.59. The van der Waals surface area contributed by atoms with E-state index in [2.05, 4.69) is 46.8 Å². The minimum Gasteiger partial charge on any atom is -0.462 e. The third-order valence-electron chi connectivity index (χ3n) is 10.9. The van der Waals surface area contributed by atoms with Crippen LogP contribution in [0.5, 0.6) is 0 Å². The first-order chi connectivity index (χ1) is 15.3. The Kier molecular flexibility index (Phi) is 5.13. The molecule has 5 nitrogen and oxygen atoms in total. The van der Waals surface area contributed by atoms with Gasteiger partial charge in [0.25, 0.3) is 0 Å². The first-order valence-electron chi connectivity index (χ1n) is 12.8. The van der Waals surface area contributed by atoms with E-state index in [0.29, 0.717) is 37.2 Å². The highest BCUT2D eigenvalue weighted by Crippen LogP contribution is 2.72. The van der Waals surface area contributed by atoms with Gasteiger partial charge in [-0.15, -0.1) is 0 Å². The van der Waals surface area contributed by atoms with Crippen LogP contribution < -0.4 is 0 Å². The standard InChI is InChI=1S/C28H40O5/c1-16(29)33-23-14-21-25(2,3)22(30)10-12-27(21,5)20-9-11-26(4)18(17-13-24(31)32-15-17)7-8-19(26)28(20,23)6/h8,10,12,17-18,20-21,23-24,31H,7,9,11,13-15H2,1-6H3/t17-,18-,20+,21+,23+,24+,26-,27+,28-/m0/s1. The number of aliphatic hydroxyl groups excluding tert-OH is 1. The van der Waals surface area contributed by atoms with Crippen molar-refractivity contribution in [2.75, 3.05) is 6.61 Å². The lowest BCUT2D eigenvalue weighted by molar-refractivity contribution is -0.188. The summed E-state index contributed by atoms with van der Waals surface area (Å²) in [5, 5.41) is 10.0. The van der Waals surface area contributed by atoms with E-state index in [9.17, 15) is 14.7 Å². The van der Waals surface area contributed by atoms with E-state index >= 15 is 0 Å². The molecule has 5 rings (SSSR count). The molecule has 3 fully saturated rings. The molecule has 0 aromatic carbocycles. The van der Waals surface area contributed by atoms with Gasteiger partial charge in [-0.3, -0.25) is 9.59 Å². The molecule has 4 aliphatic carbocycles. The molecule has 0 spiro atoms. The highest BCUT2D eigenvalue weighted by molar-refractivity contribution is 5.95. The van der Waals surface area contributed by atoms with Gasteiger partial charge in [-0.05, 0) is 66.3 Å². The van der Waals surface area contributed by atoms with E-state index in [1.54, 1.807) is 0 Å². The maximum atomic E-state index is 12.9. The van der Waals surface area contributed by atoms with Gasteiger partial charge in [0.05, 0.1) is 6.61 Å². The molecule has 1 heterocycles. The Morgan fingerprint density at radius 1 is 1.15 bits per heavy atom. The van der Waals surface area contributed by atoms with Crippen molar-refractivity contribution in [1.82, 2.24) is 0 Å². The lowest BCUT2D eigenvalue weighted by Gasteiger charge is -2.66. The van der Waals surface area contributed by atoms with Crippen LogP contribution in [0.4, 0.5) is 0 Å². The quantitative estimate of drug-likeness (QED) is 0.476. The Morgan fingerprint density at radius 2 is 1.88 bits per heavy atom. The molecule has 0 radical (unpaired) electrons. The summed E-state index contributed by atoms with van der Waals surface area (Å²) in [7, 11) is 0. The number of esters is 1. The molecule has 33 heavy (non-hydrogen) atoms. The molecule has 1 N–H and O–H groups in total. The van der Waals surface area contributed by atoms with Crippen molar-refractivity contribution >= 4 is 11.8 Å². The molecule has 0 bridgehead atoms. The fourth-order valence-electron chi connectivity index (χ4n) is 9.28. The first kappa shape index (κ1) is 23.3. The van der Waals surface area contributed by atoms with Gasteiger partial charge >= 0.3 is 5.97 Å². The molecule has 1 saturated heterocycles. The second kappa shape index (κ2) is 7.27. The maximum absolute atomic E-state index is 12.9. The Morgan fingerprint density at radius 3 is 2.52 bits per heavy atom. The van der Waals surface area contributed by atoms with Crippen LogP contribution in [0, 0.1) is 45.3 Å². The number of fused-ring (bicyclic) bond motifs is 5. The van der Waals surface area contributed by atoms with Crippen molar-refractivity contribution in [3.05, 3.63) is 23.8 Å². The molecular formula is C28H40O5. The van der Waals surface area contributed by atoms with Crippen molar-refractivity contribution < 1.29 is 24.2 Å². The summed E-state index contributed by atoms with van der Waals surface area (Å²) in [6.07, 6.45) is 10.1. The smallest absolute Gasteiger partial charge is 0.302 e. The van der Waals surface area contributed by atoms with Crippen LogP contribution in [-0.2, 0) is 19.1 Å². The zero-order chi connectivity index (χ0) is 24.0. The number of hydrogen-bond donors (Lipinski definition) is 1. The second-order valence-electron chi connectivity index (χ2n) is 12.7. The van der Waals surface area contributed by atoms with Crippen LogP contribution in [0.2, 0.25) is 0 Å². The summed E-state index contributed by atoms with van der Waals surface area (Å²) >= 11 is 0. The zero-order valence-electron chi connectivity index (χ0n) is 21.0. The van der Waals surface area contributed by atoms with Crippen LogP contribution in [-0.4, -0.2) is 35.9 Å². The van der Waals surface area contributed by atoms with Crippen molar-refractivity contribution in [2.45, 2.75) is 86.0 Å². The largest absolute Gasteiger partial charge is 0.462 e. The Labute approximate surface area is 198 Å². The van der Waals surface area contributed by atoms with Gasteiger partial charge < -0.3 is 14.6 Å². The third kappa shape index (κ3) is 3.03. The summed E-state index contributed by atoms with van der Waals surface area (Å²) in [5.74, 6) is 1.14. The van der Waals surface area contributed by atoms with Gasteiger partial charge in [-0.2, -0.15) is 0 Å². The molecule has 0 unspecified atom stereocenters.